The molecule has 0 bridgehead atoms. The third-order valence-corrected chi connectivity index (χ3v) is 6.36. The minimum Gasteiger partial charge on any atom is -0.505 e. The Kier molecular flexibility index (Phi) is 10.8. The molecule has 16 nitrogen and oxygen atoms in total. The predicted molar refractivity (Wildman–Crippen MR) is 158 cm³/mol. The first-order valence-electron chi connectivity index (χ1n) is 12.6. The summed E-state index contributed by atoms with van der Waals surface area (Å²) in [5.74, 6) is -1.46. The number of carboxylic acid groups (broad SMARTS) is 1. The summed E-state index contributed by atoms with van der Waals surface area (Å²) in [7, 11) is 0. The van der Waals surface area contributed by atoms with Gasteiger partial charge in [-0.15, -0.1) is 24.8 Å². The molecule has 230 valence electrons. The first-order chi connectivity index (χ1) is 21.2. The van der Waals surface area contributed by atoms with E-state index < -0.39 is 5.97 Å². The van der Waals surface area contributed by atoms with Gasteiger partial charge in [0.1, 0.15) is 47.5 Å². The van der Waals surface area contributed by atoms with Crippen LogP contribution in [-0.2, 0) is 9.37 Å². The summed E-state index contributed by atoms with van der Waals surface area (Å²) >= 11 is 0.548. The van der Waals surface area contributed by atoms with Crippen molar-refractivity contribution in [2.75, 3.05) is 37.9 Å². The average molecular weight is 627 g/mol. The maximum absolute atomic E-state index is 11.7. The molecule has 4 aromatic carbocycles. The van der Waals surface area contributed by atoms with Crippen LogP contribution in [0.5, 0.6) is 17.2 Å². The Labute approximate surface area is 252 Å². The zero-order valence-electron chi connectivity index (χ0n) is 22.7. The van der Waals surface area contributed by atoms with Crippen molar-refractivity contribution in [2.45, 2.75) is 4.90 Å². The van der Waals surface area contributed by atoms with Gasteiger partial charge in [0.05, 0.1) is 35.7 Å². The van der Waals surface area contributed by atoms with Gasteiger partial charge in [0.15, 0.2) is 5.75 Å². The van der Waals surface area contributed by atoms with Crippen LogP contribution in [-0.4, -0.2) is 58.1 Å². The Morgan fingerprint density at radius 1 is 0.795 bits per heavy atom. The highest BCUT2D eigenvalue weighted by Gasteiger charge is 2.18. The zero-order valence-corrected chi connectivity index (χ0v) is 23.5. The minimum absolute atomic E-state index is 0.00734. The molecule has 0 fully saturated rings. The number of aliphatic hydroxyl groups is 2. The number of carboxylic acids is 1. The topological polar surface area (TPSA) is 257 Å². The standard InChI is InChI=1S/C27H26N6O10S/c28-15-2-1-14-9-24(44-43-42-39)25(26(36)17(14)10-15)33-32-21-13-22(40-7-5-34)20(12-23(21)41-8-6-35)31-30-19-4-3-16(29)11-18(19)27(37)38/h1-4,9-13,34-36,39H,5-8,28-29H2,(H,37,38). The lowest BCUT2D eigenvalue weighted by atomic mass is 10.1. The highest BCUT2D eigenvalue weighted by atomic mass is 32.2. The number of hydrogen-bond donors (Lipinski definition) is 7. The zero-order chi connectivity index (χ0) is 31.6. The van der Waals surface area contributed by atoms with Crippen LogP contribution in [0.2, 0.25) is 0 Å². The highest BCUT2D eigenvalue weighted by Crippen LogP contribution is 2.46. The second-order valence-electron chi connectivity index (χ2n) is 8.69. The minimum atomic E-state index is -1.26. The molecule has 0 atom stereocenters. The lowest BCUT2D eigenvalue weighted by molar-refractivity contribution is -0.432. The number of nitrogens with zero attached hydrogens (tertiary/aromatic N) is 4. The van der Waals surface area contributed by atoms with Gasteiger partial charge in [-0.1, -0.05) is 11.1 Å². The van der Waals surface area contributed by atoms with Crippen molar-refractivity contribution in [3.8, 4) is 17.2 Å². The molecule has 0 spiro atoms. The molecule has 44 heavy (non-hydrogen) atoms. The second kappa shape index (κ2) is 14.9. The number of phenolic OH excluding ortho intramolecular Hbond substituents is 1. The lowest BCUT2D eigenvalue weighted by Crippen LogP contribution is -2.04. The molecule has 4 rings (SSSR count). The van der Waals surface area contributed by atoms with Crippen LogP contribution < -0.4 is 20.9 Å². The number of nitrogens with two attached hydrogens (primary N) is 2. The van der Waals surface area contributed by atoms with Gasteiger partial charge in [-0.25, -0.2) is 10.1 Å². The van der Waals surface area contributed by atoms with Crippen LogP contribution >= 0.6 is 12.0 Å². The average Bonchev–Trinajstić information content (AvgIpc) is 3.01. The van der Waals surface area contributed by atoms with E-state index in [0.717, 1.165) is 0 Å². The molecule has 0 aliphatic heterocycles. The summed E-state index contributed by atoms with van der Waals surface area (Å²) in [6.07, 6.45) is 0. The number of phenols is 1. The molecule has 0 saturated carbocycles. The summed E-state index contributed by atoms with van der Waals surface area (Å²) < 4.78 is 15.8. The van der Waals surface area contributed by atoms with Crippen LogP contribution in [0.15, 0.2) is 79.9 Å². The number of benzene rings is 4. The van der Waals surface area contributed by atoms with Gasteiger partial charge in [-0.3, -0.25) is 0 Å². The van der Waals surface area contributed by atoms with Gasteiger partial charge in [0.2, 0.25) is 0 Å². The first kappa shape index (κ1) is 31.9. The summed E-state index contributed by atoms with van der Waals surface area (Å²) in [6.45, 7) is -1.00. The molecule has 0 radical (unpaired) electrons. The van der Waals surface area contributed by atoms with Crippen molar-refractivity contribution < 1.29 is 49.3 Å². The fourth-order valence-corrected chi connectivity index (χ4v) is 4.33. The van der Waals surface area contributed by atoms with E-state index in [0.29, 0.717) is 28.5 Å². The molecule has 0 heterocycles. The molecule has 0 saturated heterocycles. The number of rotatable bonds is 14. The van der Waals surface area contributed by atoms with E-state index in [2.05, 4.69) is 29.8 Å². The molecular weight excluding hydrogens is 600 g/mol. The number of ether oxygens (including phenoxy) is 2. The van der Waals surface area contributed by atoms with E-state index in [9.17, 15) is 25.2 Å². The van der Waals surface area contributed by atoms with Gasteiger partial charge in [0, 0.05) is 28.9 Å². The van der Waals surface area contributed by atoms with Crippen LogP contribution in [0.25, 0.3) is 10.8 Å². The maximum Gasteiger partial charge on any atom is 0.338 e. The van der Waals surface area contributed by atoms with E-state index >= 15 is 0 Å². The summed E-state index contributed by atoms with van der Waals surface area (Å²) in [6, 6.07) is 13.2. The van der Waals surface area contributed by atoms with Gasteiger partial charge in [0.25, 0.3) is 0 Å². The number of fused-ring (bicyclic) bond motifs is 1. The fraction of sp³-hybridized carbons (Fsp3) is 0.148. The lowest BCUT2D eigenvalue weighted by Gasteiger charge is -2.13. The van der Waals surface area contributed by atoms with E-state index in [1.807, 2.05) is 0 Å². The Morgan fingerprint density at radius 2 is 1.39 bits per heavy atom. The predicted octanol–water partition coefficient (Wildman–Crippen LogP) is 5.41. The third kappa shape index (κ3) is 7.67. The van der Waals surface area contributed by atoms with Gasteiger partial charge >= 0.3 is 5.97 Å². The maximum atomic E-state index is 11.7. The summed E-state index contributed by atoms with van der Waals surface area (Å²) in [5.41, 5.74) is 12.0. The first-order valence-corrected chi connectivity index (χ1v) is 13.3. The van der Waals surface area contributed by atoms with E-state index in [-0.39, 0.29) is 82.6 Å². The van der Waals surface area contributed by atoms with Gasteiger partial charge in [-0.2, -0.15) is 0 Å². The quantitative estimate of drug-likeness (QED) is 0.0304. The monoisotopic (exact) mass is 626 g/mol. The van der Waals surface area contributed by atoms with Crippen molar-refractivity contribution in [2.24, 2.45) is 20.5 Å². The molecule has 0 aromatic heterocycles. The third-order valence-electron chi connectivity index (χ3n) is 5.74. The van der Waals surface area contributed by atoms with Crippen LogP contribution in [0.4, 0.5) is 34.1 Å². The Bertz CT molecular complexity index is 1720. The van der Waals surface area contributed by atoms with Crippen molar-refractivity contribution >= 4 is 62.9 Å². The van der Waals surface area contributed by atoms with Gasteiger partial charge < -0.3 is 41.4 Å². The van der Waals surface area contributed by atoms with Crippen molar-refractivity contribution in [1.82, 2.24) is 0 Å². The molecule has 0 amide bonds. The summed E-state index contributed by atoms with van der Waals surface area (Å²) in [5, 5.41) is 69.1. The van der Waals surface area contributed by atoms with Crippen molar-refractivity contribution in [3.63, 3.8) is 0 Å². The molecule has 0 aliphatic carbocycles. The second-order valence-corrected chi connectivity index (χ2v) is 9.43. The molecule has 17 heteroatoms. The van der Waals surface area contributed by atoms with Crippen LogP contribution in [0.1, 0.15) is 10.4 Å². The van der Waals surface area contributed by atoms with E-state index in [1.165, 1.54) is 36.4 Å². The molecule has 0 unspecified atom stereocenters. The normalized spacial score (nSPS) is 11.5. The Balaban J connectivity index is 1.83. The Hall–Kier alpha value is -5.04. The van der Waals surface area contributed by atoms with Crippen LogP contribution in [0, 0.1) is 0 Å². The highest BCUT2D eigenvalue weighted by molar-refractivity contribution is 7.94. The van der Waals surface area contributed by atoms with E-state index in [4.69, 9.17) is 26.2 Å². The number of azo groups is 2. The largest absolute Gasteiger partial charge is 0.505 e. The SMILES string of the molecule is Nc1ccc(N=Nc2cc(OCCO)c(N=Nc3c(SOOO)cc4ccc(N)cc4c3O)cc2OCCO)c(C(=O)O)c1. The number of nitrogen functional groups attached to an aromatic ring is 2. The summed E-state index contributed by atoms with van der Waals surface area (Å²) in [4.78, 5) is 11.9. The number of anilines is 2. The van der Waals surface area contributed by atoms with Gasteiger partial charge in [-0.05, 0) is 41.8 Å². The molecule has 4 aromatic rings. The number of aromatic hydroxyl groups is 1. The fourth-order valence-electron chi connectivity index (χ4n) is 3.83. The van der Waals surface area contributed by atoms with Crippen molar-refractivity contribution in [3.05, 3.63) is 60.2 Å². The number of hydrogen-bond acceptors (Lipinski definition) is 16. The molecule has 0 aliphatic rings. The van der Waals surface area contributed by atoms with Crippen molar-refractivity contribution in [1.29, 1.82) is 0 Å². The van der Waals surface area contributed by atoms with Crippen LogP contribution in [0.3, 0.4) is 0 Å². The number of carbonyl (C=O) groups is 1. The Morgan fingerprint density at radius 3 is 2.00 bits per heavy atom. The number of aliphatic hydroxyl groups excluding tert-OH is 2. The smallest absolute Gasteiger partial charge is 0.338 e. The molecule has 9 N–H and O–H groups in total. The molecular formula is C27H26N6O10S. The number of aromatic carboxylic acids is 1. The van der Waals surface area contributed by atoms with E-state index in [1.54, 1.807) is 18.2 Å².